The number of thioether (sulfide) groups is 1. The summed E-state index contributed by atoms with van der Waals surface area (Å²) in [4.78, 5) is 16.7. The molecule has 0 aliphatic carbocycles. The van der Waals surface area contributed by atoms with E-state index in [1.54, 1.807) is 12.3 Å². The molecule has 4 aromatic rings. The van der Waals surface area contributed by atoms with Gasteiger partial charge in [-0.1, -0.05) is 17.8 Å². The van der Waals surface area contributed by atoms with Crippen molar-refractivity contribution in [1.82, 2.24) is 24.0 Å². The lowest BCUT2D eigenvalue weighted by molar-refractivity contribution is -0.137. The number of hydrogen-bond acceptors (Lipinski definition) is 5. The summed E-state index contributed by atoms with van der Waals surface area (Å²) in [5, 5.41) is 8.10. The first kappa shape index (κ1) is 17.5. The van der Waals surface area contributed by atoms with Crippen LogP contribution in [0.25, 0.3) is 11.3 Å². The Morgan fingerprint density at radius 2 is 1.96 bits per heavy atom. The van der Waals surface area contributed by atoms with Crippen molar-refractivity contribution in [2.75, 3.05) is 0 Å². The second kappa shape index (κ2) is 6.38. The van der Waals surface area contributed by atoms with Crippen LogP contribution in [0.1, 0.15) is 16.8 Å². The highest BCUT2D eigenvalue weighted by molar-refractivity contribution is 7.98. The Balaban J connectivity index is 1.67. The van der Waals surface area contributed by atoms with Gasteiger partial charge in [-0.3, -0.25) is 13.6 Å². The standard InChI is InChI=1S/C17H12F3N5OS/c1-10-3-2-6-24-14(26)7-12(21-15(10)24)9-27-16-23-22-13-5-4-11(8-25(13)16)17(18,19)20/h2-8H,9H2,1H3. The predicted octanol–water partition coefficient (Wildman–Crippen LogP) is 3.36. The van der Waals surface area contributed by atoms with Crippen LogP contribution in [0.15, 0.2) is 52.7 Å². The number of hydrogen-bond donors (Lipinski definition) is 0. The minimum atomic E-state index is -4.45. The molecule has 4 heterocycles. The average molecular weight is 391 g/mol. The molecule has 0 bridgehead atoms. The zero-order valence-electron chi connectivity index (χ0n) is 13.9. The first-order chi connectivity index (χ1) is 12.8. The summed E-state index contributed by atoms with van der Waals surface area (Å²) < 4.78 is 41.5. The van der Waals surface area contributed by atoms with Gasteiger partial charge in [0.25, 0.3) is 5.56 Å². The average Bonchev–Trinajstić information content (AvgIpc) is 3.02. The fraction of sp³-hybridized carbons (Fsp3) is 0.176. The van der Waals surface area contributed by atoms with Gasteiger partial charge in [-0.2, -0.15) is 13.2 Å². The molecule has 0 fully saturated rings. The van der Waals surface area contributed by atoms with Gasteiger partial charge in [-0.15, -0.1) is 10.2 Å². The molecule has 138 valence electrons. The molecule has 0 radical (unpaired) electrons. The molecule has 0 aliphatic rings. The number of pyridine rings is 2. The van der Waals surface area contributed by atoms with Crippen LogP contribution in [0.5, 0.6) is 0 Å². The van der Waals surface area contributed by atoms with Crippen LogP contribution in [-0.2, 0) is 11.9 Å². The Bertz CT molecular complexity index is 1210. The molecular weight excluding hydrogens is 379 g/mol. The molecule has 10 heteroatoms. The minimum Gasteiger partial charge on any atom is -0.277 e. The van der Waals surface area contributed by atoms with Gasteiger partial charge in [0.1, 0.15) is 5.65 Å². The number of aryl methyl sites for hydroxylation is 1. The van der Waals surface area contributed by atoms with Crippen LogP contribution in [0.2, 0.25) is 0 Å². The number of fused-ring (bicyclic) bond motifs is 2. The molecule has 0 aliphatic heterocycles. The Labute approximate surface area is 154 Å². The van der Waals surface area contributed by atoms with E-state index in [0.717, 1.165) is 29.6 Å². The summed E-state index contributed by atoms with van der Waals surface area (Å²) in [5.74, 6) is 0.275. The normalized spacial score (nSPS) is 12.1. The van der Waals surface area contributed by atoms with Crippen LogP contribution in [0.3, 0.4) is 0 Å². The molecule has 27 heavy (non-hydrogen) atoms. The topological polar surface area (TPSA) is 64.6 Å². The fourth-order valence-corrected chi connectivity index (χ4v) is 3.47. The van der Waals surface area contributed by atoms with Crippen molar-refractivity contribution in [2.24, 2.45) is 0 Å². The Kier molecular flexibility index (Phi) is 4.14. The molecule has 0 saturated heterocycles. The monoisotopic (exact) mass is 391 g/mol. The molecule has 0 N–H and O–H groups in total. The zero-order chi connectivity index (χ0) is 19.2. The van der Waals surface area contributed by atoms with Crippen molar-refractivity contribution < 1.29 is 13.2 Å². The Morgan fingerprint density at radius 3 is 2.74 bits per heavy atom. The van der Waals surface area contributed by atoms with E-state index in [9.17, 15) is 18.0 Å². The van der Waals surface area contributed by atoms with E-state index < -0.39 is 11.7 Å². The first-order valence-electron chi connectivity index (χ1n) is 7.85. The molecule has 4 aromatic heterocycles. The van der Waals surface area contributed by atoms with Gasteiger partial charge in [-0.05, 0) is 30.7 Å². The number of rotatable bonds is 3. The minimum absolute atomic E-state index is 0.218. The largest absolute Gasteiger partial charge is 0.417 e. The van der Waals surface area contributed by atoms with Crippen LogP contribution >= 0.6 is 11.8 Å². The van der Waals surface area contributed by atoms with Crippen molar-refractivity contribution >= 4 is 23.1 Å². The quantitative estimate of drug-likeness (QED) is 0.501. The van der Waals surface area contributed by atoms with E-state index in [1.165, 1.54) is 20.9 Å². The third-order valence-corrected chi connectivity index (χ3v) is 4.96. The maximum absolute atomic E-state index is 12.9. The number of nitrogens with zero attached hydrogens (tertiary/aromatic N) is 5. The molecule has 0 spiro atoms. The fourth-order valence-electron chi connectivity index (χ4n) is 2.66. The van der Waals surface area contributed by atoms with Gasteiger partial charge >= 0.3 is 6.18 Å². The van der Waals surface area contributed by atoms with E-state index in [-0.39, 0.29) is 11.3 Å². The van der Waals surface area contributed by atoms with Gasteiger partial charge in [0.05, 0.1) is 11.3 Å². The van der Waals surface area contributed by atoms with Crippen molar-refractivity contribution in [1.29, 1.82) is 0 Å². The van der Waals surface area contributed by atoms with Gasteiger partial charge in [-0.25, -0.2) is 4.98 Å². The predicted molar refractivity (Wildman–Crippen MR) is 93.7 cm³/mol. The lowest BCUT2D eigenvalue weighted by Gasteiger charge is -2.08. The van der Waals surface area contributed by atoms with E-state index >= 15 is 0 Å². The van der Waals surface area contributed by atoms with Crippen molar-refractivity contribution in [2.45, 2.75) is 24.0 Å². The van der Waals surface area contributed by atoms with E-state index in [4.69, 9.17) is 0 Å². The Hall–Kier alpha value is -2.88. The van der Waals surface area contributed by atoms with Crippen molar-refractivity contribution in [3.63, 3.8) is 0 Å². The zero-order valence-corrected chi connectivity index (χ0v) is 14.8. The highest BCUT2D eigenvalue weighted by atomic mass is 32.2. The molecule has 0 unspecified atom stereocenters. The van der Waals surface area contributed by atoms with Gasteiger partial charge in [0.2, 0.25) is 0 Å². The molecule has 0 atom stereocenters. The number of aromatic nitrogens is 5. The van der Waals surface area contributed by atoms with Gasteiger partial charge < -0.3 is 0 Å². The highest BCUT2D eigenvalue weighted by Gasteiger charge is 2.31. The maximum Gasteiger partial charge on any atom is 0.417 e. The molecule has 0 aromatic carbocycles. The smallest absolute Gasteiger partial charge is 0.277 e. The van der Waals surface area contributed by atoms with Gasteiger partial charge in [0.15, 0.2) is 10.8 Å². The third-order valence-electron chi connectivity index (χ3n) is 3.99. The molecule has 0 amide bonds. The lowest BCUT2D eigenvalue weighted by Crippen LogP contribution is -2.15. The van der Waals surface area contributed by atoms with Crippen molar-refractivity contribution in [3.05, 3.63) is 69.9 Å². The molecule has 4 rings (SSSR count). The van der Waals surface area contributed by atoms with E-state index in [2.05, 4.69) is 15.2 Å². The number of halogens is 3. The number of alkyl halides is 3. The molecular formula is C17H12F3N5OS. The van der Waals surface area contributed by atoms with Crippen LogP contribution in [-0.4, -0.2) is 24.0 Å². The second-order valence-corrected chi connectivity index (χ2v) is 6.83. The third kappa shape index (κ3) is 3.27. The van der Waals surface area contributed by atoms with Crippen LogP contribution in [0.4, 0.5) is 13.2 Å². The van der Waals surface area contributed by atoms with E-state index in [1.807, 2.05) is 13.0 Å². The summed E-state index contributed by atoms with van der Waals surface area (Å²) in [6.45, 7) is 1.85. The van der Waals surface area contributed by atoms with Gasteiger partial charge in [0, 0.05) is 24.2 Å². The SMILES string of the molecule is Cc1cccn2c(=O)cc(CSc3nnc4ccc(C(F)(F)F)cn34)nc12. The molecule has 0 saturated carbocycles. The summed E-state index contributed by atoms with van der Waals surface area (Å²) in [6, 6.07) is 7.25. The van der Waals surface area contributed by atoms with Crippen LogP contribution in [0, 0.1) is 6.92 Å². The summed E-state index contributed by atoms with van der Waals surface area (Å²) in [6.07, 6.45) is -1.85. The maximum atomic E-state index is 12.9. The second-order valence-electron chi connectivity index (χ2n) is 5.89. The van der Waals surface area contributed by atoms with Crippen molar-refractivity contribution in [3.8, 4) is 0 Å². The lowest BCUT2D eigenvalue weighted by atomic mass is 10.3. The Morgan fingerprint density at radius 1 is 1.15 bits per heavy atom. The summed E-state index contributed by atoms with van der Waals surface area (Å²) >= 11 is 1.16. The highest BCUT2D eigenvalue weighted by Crippen LogP contribution is 2.30. The summed E-state index contributed by atoms with van der Waals surface area (Å²) in [5.41, 5.74) is 1.23. The van der Waals surface area contributed by atoms with Crippen LogP contribution < -0.4 is 5.56 Å². The molecule has 6 nitrogen and oxygen atoms in total. The summed E-state index contributed by atoms with van der Waals surface area (Å²) in [7, 11) is 0. The first-order valence-corrected chi connectivity index (χ1v) is 8.84. The van der Waals surface area contributed by atoms with E-state index in [0.29, 0.717) is 22.1 Å².